The Balaban J connectivity index is 3.04. The van der Waals surface area contributed by atoms with Crippen LogP contribution in [0.1, 0.15) is 0 Å². The highest BCUT2D eigenvalue weighted by Gasteiger charge is 1.97. The summed E-state index contributed by atoms with van der Waals surface area (Å²) in [5, 5.41) is 0. The zero-order valence-electron chi connectivity index (χ0n) is 27.9. The van der Waals surface area contributed by atoms with Gasteiger partial charge in [0.15, 0.2) is 0 Å². The van der Waals surface area contributed by atoms with Crippen molar-refractivity contribution < 1.29 is 66.0 Å². The molecule has 15 heteroatoms. The summed E-state index contributed by atoms with van der Waals surface area (Å²) in [5.74, 6) is 0. The topological polar surface area (TPSA) is 123 Å². The van der Waals surface area contributed by atoms with Gasteiger partial charge < -0.3 is 66.5 Å². The van der Waals surface area contributed by atoms with Crippen LogP contribution in [0.4, 0.5) is 4.39 Å². The fourth-order valence-corrected chi connectivity index (χ4v) is 3.04. The smallest absolute Gasteiger partial charge is 0.113 e. The lowest BCUT2D eigenvalue weighted by Crippen LogP contribution is -2.19. The van der Waals surface area contributed by atoms with E-state index in [4.69, 9.17) is 61.6 Å². The van der Waals surface area contributed by atoms with Gasteiger partial charge in [-0.25, -0.2) is 4.39 Å². The third kappa shape index (κ3) is 43.4. The van der Waals surface area contributed by atoms with Crippen LogP contribution in [-0.4, -0.2) is 204 Å². The maximum atomic E-state index is 11.8. The van der Waals surface area contributed by atoms with Crippen LogP contribution in [0, 0.1) is 0 Å². The molecule has 0 heterocycles. The van der Waals surface area contributed by atoms with Gasteiger partial charge in [0.2, 0.25) is 0 Å². The molecule has 0 aromatic rings. The van der Waals surface area contributed by atoms with E-state index in [1.54, 1.807) is 0 Å². The predicted molar refractivity (Wildman–Crippen MR) is 165 cm³/mol. The van der Waals surface area contributed by atoms with Crippen LogP contribution in [0.2, 0.25) is 0 Å². The van der Waals surface area contributed by atoms with Crippen LogP contribution < -0.4 is 0 Å². The molecule has 0 saturated heterocycles. The highest BCUT2D eigenvalue weighted by Crippen LogP contribution is 1.88. The van der Waals surface area contributed by atoms with Gasteiger partial charge in [-0.1, -0.05) is 0 Å². The standard InChI is InChI=1S/C30H62FNO13/c1-32(2)4-6-34-8-10-36-12-14-38-16-18-40-20-22-42-24-26-44-28-30-45-29-27-43-25-23-41-21-19-39-17-15-37-13-11-35-9-7-33-5-3-31/h3-30H2,1-2H3. The molecule has 0 radical (unpaired) electrons. The van der Waals surface area contributed by atoms with Crippen molar-refractivity contribution in [1.82, 2.24) is 4.90 Å². The summed E-state index contributed by atoms with van der Waals surface area (Å²) >= 11 is 0. The molecule has 14 nitrogen and oxygen atoms in total. The van der Waals surface area contributed by atoms with Crippen molar-refractivity contribution in [2.24, 2.45) is 0 Å². The molecule has 0 spiro atoms. The highest BCUT2D eigenvalue weighted by molar-refractivity contribution is 4.41. The van der Waals surface area contributed by atoms with Crippen LogP contribution in [0.15, 0.2) is 0 Å². The molecule has 0 rings (SSSR count). The molecule has 0 aromatic heterocycles. The third-order valence-electron chi connectivity index (χ3n) is 5.37. The summed E-state index contributed by atoms with van der Waals surface area (Å²) in [5.41, 5.74) is 0. The molecule has 0 atom stereocenters. The Bertz CT molecular complexity index is 530. The van der Waals surface area contributed by atoms with Gasteiger partial charge in [0.25, 0.3) is 0 Å². The number of hydrogen-bond donors (Lipinski definition) is 0. The second-order valence-corrected chi connectivity index (χ2v) is 9.45. The molecule has 45 heavy (non-hydrogen) atoms. The van der Waals surface area contributed by atoms with Crippen LogP contribution in [0.5, 0.6) is 0 Å². The zero-order valence-corrected chi connectivity index (χ0v) is 27.9. The van der Waals surface area contributed by atoms with Gasteiger partial charge in [-0.05, 0) is 14.1 Å². The second kappa shape index (κ2) is 41.4. The van der Waals surface area contributed by atoms with Crippen LogP contribution >= 0.6 is 0 Å². The minimum absolute atomic E-state index is 0.113. The number of rotatable bonds is 41. The lowest BCUT2D eigenvalue weighted by molar-refractivity contribution is -0.0291. The molecular formula is C30H62FNO13. The summed E-state index contributed by atoms with van der Waals surface area (Å²) in [6.45, 7) is 13.4. The molecule has 0 unspecified atom stereocenters. The summed E-state index contributed by atoms with van der Waals surface area (Å²) < 4.78 is 82.0. The van der Waals surface area contributed by atoms with Crippen molar-refractivity contribution in [3.05, 3.63) is 0 Å². The van der Waals surface area contributed by atoms with Gasteiger partial charge in [-0.3, -0.25) is 0 Å². The summed E-state index contributed by atoms with van der Waals surface area (Å²) in [6, 6.07) is 0. The fraction of sp³-hybridized carbons (Fsp3) is 1.00. The Kier molecular flexibility index (Phi) is 40.8. The third-order valence-corrected chi connectivity index (χ3v) is 5.37. The van der Waals surface area contributed by atoms with Crippen molar-refractivity contribution in [2.75, 3.05) is 199 Å². The predicted octanol–water partition coefficient (Wildman–Crippen LogP) is 0.733. The van der Waals surface area contributed by atoms with Gasteiger partial charge in [0, 0.05) is 6.54 Å². The Morgan fingerprint density at radius 1 is 0.267 bits per heavy atom. The molecule has 0 aliphatic rings. The number of nitrogens with zero attached hydrogens (tertiary/aromatic N) is 1. The maximum Gasteiger partial charge on any atom is 0.113 e. The fourth-order valence-electron chi connectivity index (χ4n) is 3.04. The molecule has 0 amide bonds. The van der Waals surface area contributed by atoms with E-state index in [-0.39, 0.29) is 6.61 Å². The molecule has 0 N–H and O–H groups in total. The van der Waals surface area contributed by atoms with E-state index < -0.39 is 6.67 Å². The van der Waals surface area contributed by atoms with Crippen molar-refractivity contribution in [3.8, 4) is 0 Å². The van der Waals surface area contributed by atoms with Crippen LogP contribution in [-0.2, 0) is 61.6 Å². The first-order valence-corrected chi connectivity index (χ1v) is 16.0. The Morgan fingerprint density at radius 2 is 0.422 bits per heavy atom. The molecule has 0 aliphatic heterocycles. The first-order valence-electron chi connectivity index (χ1n) is 16.0. The Morgan fingerprint density at radius 3 is 0.578 bits per heavy atom. The van der Waals surface area contributed by atoms with Gasteiger partial charge in [-0.15, -0.1) is 0 Å². The van der Waals surface area contributed by atoms with Gasteiger partial charge >= 0.3 is 0 Å². The number of halogens is 1. The van der Waals surface area contributed by atoms with Crippen LogP contribution in [0.25, 0.3) is 0 Å². The van der Waals surface area contributed by atoms with Crippen molar-refractivity contribution in [1.29, 1.82) is 0 Å². The quantitative estimate of drug-likeness (QED) is 0.0855. The molecular weight excluding hydrogens is 601 g/mol. The van der Waals surface area contributed by atoms with Gasteiger partial charge in [0.1, 0.15) is 6.67 Å². The van der Waals surface area contributed by atoms with Crippen molar-refractivity contribution in [2.45, 2.75) is 0 Å². The average molecular weight is 664 g/mol. The molecule has 0 bridgehead atoms. The molecule has 272 valence electrons. The summed E-state index contributed by atoms with van der Waals surface area (Å²) in [4.78, 5) is 2.08. The first-order chi connectivity index (χ1) is 22.3. The average Bonchev–Trinajstić information content (AvgIpc) is 3.03. The van der Waals surface area contributed by atoms with E-state index >= 15 is 0 Å². The Hall–Kier alpha value is -0.630. The molecule has 0 fully saturated rings. The monoisotopic (exact) mass is 663 g/mol. The minimum Gasteiger partial charge on any atom is -0.378 e. The summed E-state index contributed by atoms with van der Waals surface area (Å²) in [6.07, 6.45) is 0. The van der Waals surface area contributed by atoms with Crippen LogP contribution in [0.3, 0.4) is 0 Å². The normalized spacial score (nSPS) is 11.7. The van der Waals surface area contributed by atoms with Gasteiger partial charge in [0.05, 0.1) is 172 Å². The molecule has 0 aliphatic carbocycles. The van der Waals surface area contributed by atoms with E-state index in [2.05, 4.69) is 4.90 Å². The lowest BCUT2D eigenvalue weighted by atomic mass is 10.6. The van der Waals surface area contributed by atoms with Gasteiger partial charge in [-0.2, -0.15) is 0 Å². The number of alkyl halides is 1. The van der Waals surface area contributed by atoms with E-state index in [0.717, 1.165) is 6.54 Å². The first kappa shape index (κ1) is 44.4. The van der Waals surface area contributed by atoms with E-state index in [1.807, 2.05) is 14.1 Å². The van der Waals surface area contributed by atoms with Crippen molar-refractivity contribution in [3.63, 3.8) is 0 Å². The molecule has 0 aromatic carbocycles. The largest absolute Gasteiger partial charge is 0.378 e. The molecule has 0 saturated carbocycles. The maximum absolute atomic E-state index is 11.8. The van der Waals surface area contributed by atoms with E-state index in [1.165, 1.54) is 0 Å². The number of likely N-dealkylation sites (N-methyl/N-ethyl adjacent to an activating group) is 1. The highest BCUT2D eigenvalue weighted by atomic mass is 19.1. The second-order valence-electron chi connectivity index (χ2n) is 9.45. The SMILES string of the molecule is CN(C)CCOCCOCCOCCOCCOCCOCCOCCOCCOCCOCCOCCOCCOCCF. The lowest BCUT2D eigenvalue weighted by Gasteiger charge is -2.10. The van der Waals surface area contributed by atoms with E-state index in [0.29, 0.717) is 165 Å². The van der Waals surface area contributed by atoms with Crippen molar-refractivity contribution >= 4 is 0 Å². The summed E-state index contributed by atoms with van der Waals surface area (Å²) in [7, 11) is 4.04. The van der Waals surface area contributed by atoms with E-state index in [9.17, 15) is 4.39 Å². The zero-order chi connectivity index (χ0) is 32.6. The number of ether oxygens (including phenoxy) is 13. The Labute approximate surface area is 270 Å². The number of hydrogen-bond acceptors (Lipinski definition) is 14. The minimum atomic E-state index is -0.475.